The van der Waals surface area contributed by atoms with Crippen molar-refractivity contribution in [3.63, 3.8) is 0 Å². The van der Waals surface area contributed by atoms with Crippen LogP contribution >= 0.6 is 31.9 Å². The highest BCUT2D eigenvalue weighted by atomic mass is 79.9. The van der Waals surface area contributed by atoms with Gasteiger partial charge in [-0.05, 0) is 61.6 Å². The van der Waals surface area contributed by atoms with Gasteiger partial charge in [0, 0.05) is 30.6 Å². The molecule has 0 unspecified atom stereocenters. The summed E-state index contributed by atoms with van der Waals surface area (Å²) in [5.41, 5.74) is 3.21. The first-order valence-corrected chi connectivity index (χ1v) is 9.88. The van der Waals surface area contributed by atoms with Crippen LogP contribution in [0.2, 0.25) is 0 Å². The maximum Gasteiger partial charge on any atom is 0.335 e. The summed E-state index contributed by atoms with van der Waals surface area (Å²) in [6.07, 6.45) is 2.56. The molecular formula is C20H24BBr2O4. The van der Waals surface area contributed by atoms with E-state index in [1.807, 2.05) is 31.2 Å². The molecular weight excluding hydrogens is 475 g/mol. The largest absolute Gasteiger partial charge is 0.478 e. The van der Waals surface area contributed by atoms with Gasteiger partial charge in [-0.25, -0.2) is 4.79 Å². The molecule has 0 aromatic heterocycles. The van der Waals surface area contributed by atoms with E-state index in [1.54, 1.807) is 19.1 Å². The van der Waals surface area contributed by atoms with Crippen molar-refractivity contribution in [1.29, 1.82) is 0 Å². The molecule has 0 spiro atoms. The fourth-order valence-corrected chi connectivity index (χ4v) is 2.95. The van der Waals surface area contributed by atoms with Gasteiger partial charge in [0.15, 0.2) is 0 Å². The van der Waals surface area contributed by atoms with Crippen LogP contribution in [0.1, 0.15) is 39.9 Å². The van der Waals surface area contributed by atoms with Crippen LogP contribution in [-0.2, 0) is 11.3 Å². The number of carbonyl (C=O) groups is 1. The van der Waals surface area contributed by atoms with Crippen LogP contribution in [0.4, 0.5) is 0 Å². The van der Waals surface area contributed by atoms with Gasteiger partial charge in [0.05, 0.1) is 12.2 Å². The lowest BCUT2D eigenvalue weighted by molar-refractivity contribution is 0.0696. The molecule has 0 saturated carbocycles. The Bertz CT molecular complexity index is 712. The summed E-state index contributed by atoms with van der Waals surface area (Å²) in [5.74, 6) is -0.885. The van der Waals surface area contributed by atoms with Crippen molar-refractivity contribution in [3.05, 3.63) is 67.6 Å². The zero-order chi connectivity index (χ0) is 19.5. The Morgan fingerprint density at radius 1 is 1.00 bits per heavy atom. The Morgan fingerprint density at radius 3 is 1.89 bits per heavy atom. The number of hydrogen-bond acceptors (Lipinski definition) is 3. The molecule has 1 fully saturated rings. The molecule has 2 aromatic rings. The average molecular weight is 499 g/mol. The molecule has 2 aromatic carbocycles. The Hall–Kier alpha value is -1.15. The third kappa shape index (κ3) is 9.06. The highest BCUT2D eigenvalue weighted by Gasteiger charge is 2.07. The first kappa shape index (κ1) is 25.9. The molecule has 3 rings (SSSR count). The molecule has 1 saturated heterocycles. The van der Waals surface area contributed by atoms with Crippen LogP contribution in [0.15, 0.2) is 45.3 Å². The first-order chi connectivity index (χ1) is 12.4. The van der Waals surface area contributed by atoms with Crippen molar-refractivity contribution >= 4 is 46.2 Å². The Labute approximate surface area is 179 Å². The Morgan fingerprint density at radius 2 is 1.52 bits per heavy atom. The van der Waals surface area contributed by atoms with Crippen LogP contribution in [0.3, 0.4) is 0 Å². The van der Waals surface area contributed by atoms with Crippen molar-refractivity contribution in [2.45, 2.75) is 33.3 Å². The lowest BCUT2D eigenvalue weighted by Gasteiger charge is -2.02. The minimum absolute atomic E-state index is 0. The van der Waals surface area contributed by atoms with Gasteiger partial charge in [0.2, 0.25) is 0 Å². The molecule has 1 aliphatic rings. The van der Waals surface area contributed by atoms with Gasteiger partial charge in [-0.1, -0.05) is 50.1 Å². The number of aliphatic hydroxyl groups excluding tert-OH is 1. The van der Waals surface area contributed by atoms with E-state index in [-0.39, 0.29) is 15.0 Å². The zero-order valence-corrected chi connectivity index (χ0v) is 18.7. The lowest BCUT2D eigenvalue weighted by Crippen LogP contribution is -1.99. The SMILES string of the molecule is C1CCOC1.Cc1c(Br)cccc1C(=O)O.Cc1c(Br)cccc1CO.[B]. The fourth-order valence-electron chi connectivity index (χ4n) is 2.17. The number of rotatable bonds is 2. The second-order valence-corrected chi connectivity index (χ2v) is 7.43. The number of carboxylic acid groups (broad SMARTS) is 1. The van der Waals surface area contributed by atoms with Gasteiger partial charge in [-0.15, -0.1) is 0 Å². The predicted molar refractivity (Wildman–Crippen MR) is 116 cm³/mol. The topological polar surface area (TPSA) is 66.8 Å². The minimum atomic E-state index is -0.885. The predicted octanol–water partition coefficient (Wildman–Crippen LogP) is 5.12. The number of aromatic carboxylic acids is 1. The van der Waals surface area contributed by atoms with Crippen molar-refractivity contribution < 1.29 is 19.7 Å². The average Bonchev–Trinajstić information content (AvgIpc) is 3.20. The van der Waals surface area contributed by atoms with Crippen LogP contribution < -0.4 is 0 Å². The highest BCUT2D eigenvalue weighted by Crippen LogP contribution is 2.19. The molecule has 2 N–H and O–H groups in total. The molecule has 3 radical (unpaired) electrons. The fraction of sp³-hybridized carbons (Fsp3) is 0.350. The number of aliphatic hydroxyl groups is 1. The van der Waals surface area contributed by atoms with Crippen LogP contribution in [0.25, 0.3) is 0 Å². The van der Waals surface area contributed by atoms with E-state index in [0.29, 0.717) is 5.56 Å². The number of ether oxygens (including phenoxy) is 1. The maximum absolute atomic E-state index is 10.6. The smallest absolute Gasteiger partial charge is 0.335 e. The summed E-state index contributed by atoms with van der Waals surface area (Å²) in [7, 11) is 0. The summed E-state index contributed by atoms with van der Waals surface area (Å²) in [4.78, 5) is 10.6. The van der Waals surface area contributed by atoms with Gasteiger partial charge in [0.25, 0.3) is 0 Å². The van der Waals surface area contributed by atoms with E-state index in [2.05, 4.69) is 31.9 Å². The van der Waals surface area contributed by atoms with Crippen LogP contribution in [-0.4, -0.2) is 37.8 Å². The maximum atomic E-state index is 10.6. The van der Waals surface area contributed by atoms with Gasteiger partial charge in [-0.2, -0.15) is 0 Å². The molecule has 0 aliphatic carbocycles. The van der Waals surface area contributed by atoms with E-state index < -0.39 is 5.97 Å². The molecule has 145 valence electrons. The third-order valence-corrected chi connectivity index (χ3v) is 5.59. The second kappa shape index (κ2) is 13.9. The van der Waals surface area contributed by atoms with Crippen molar-refractivity contribution in [2.75, 3.05) is 13.2 Å². The standard InChI is InChI=1S/C8H7BrO2.C8H9BrO.C4H8O.B/c1-5-6(8(10)11)3-2-4-7(5)9;1-6-7(5-10)3-2-4-8(6)9;1-2-4-5-3-1;/h2-4H,1H3,(H,10,11);2-4,10H,5H2,1H3;1-4H2;. The van der Waals surface area contributed by atoms with Gasteiger partial charge in [0.1, 0.15) is 0 Å². The van der Waals surface area contributed by atoms with Crippen molar-refractivity contribution in [1.82, 2.24) is 0 Å². The van der Waals surface area contributed by atoms with E-state index in [9.17, 15) is 4.79 Å². The molecule has 1 heterocycles. The first-order valence-electron chi connectivity index (χ1n) is 8.29. The van der Waals surface area contributed by atoms with E-state index >= 15 is 0 Å². The number of hydrogen-bond donors (Lipinski definition) is 2. The Balaban J connectivity index is 0.000000391. The number of carboxylic acids is 1. The number of halogens is 2. The van der Waals surface area contributed by atoms with E-state index in [0.717, 1.165) is 38.8 Å². The molecule has 0 atom stereocenters. The Kier molecular flexibility index (Phi) is 13.3. The van der Waals surface area contributed by atoms with Crippen LogP contribution in [0.5, 0.6) is 0 Å². The molecule has 4 nitrogen and oxygen atoms in total. The van der Waals surface area contributed by atoms with Gasteiger partial charge in [-0.3, -0.25) is 0 Å². The lowest BCUT2D eigenvalue weighted by atomic mass is 10.1. The van der Waals surface area contributed by atoms with E-state index in [1.165, 1.54) is 12.8 Å². The van der Waals surface area contributed by atoms with Gasteiger partial charge >= 0.3 is 5.97 Å². The summed E-state index contributed by atoms with van der Waals surface area (Å²) in [6, 6.07) is 10.9. The third-order valence-electron chi connectivity index (χ3n) is 3.88. The number of benzene rings is 2. The highest BCUT2D eigenvalue weighted by molar-refractivity contribution is 9.10. The molecule has 0 bridgehead atoms. The molecule has 0 amide bonds. The molecule has 1 aliphatic heterocycles. The van der Waals surface area contributed by atoms with Crippen LogP contribution in [0, 0.1) is 13.8 Å². The zero-order valence-electron chi connectivity index (χ0n) is 15.5. The normalized spacial score (nSPS) is 12.0. The van der Waals surface area contributed by atoms with Crippen molar-refractivity contribution in [3.8, 4) is 0 Å². The minimum Gasteiger partial charge on any atom is -0.478 e. The van der Waals surface area contributed by atoms with Gasteiger partial charge < -0.3 is 14.9 Å². The monoisotopic (exact) mass is 497 g/mol. The summed E-state index contributed by atoms with van der Waals surface area (Å²) >= 11 is 6.63. The molecule has 27 heavy (non-hydrogen) atoms. The van der Waals surface area contributed by atoms with Crippen molar-refractivity contribution in [2.24, 2.45) is 0 Å². The summed E-state index contributed by atoms with van der Waals surface area (Å²) < 4.78 is 6.83. The molecule has 7 heteroatoms. The second-order valence-electron chi connectivity index (χ2n) is 5.72. The summed E-state index contributed by atoms with van der Waals surface area (Å²) in [5, 5.41) is 17.5. The van der Waals surface area contributed by atoms with E-state index in [4.69, 9.17) is 14.9 Å². The summed E-state index contributed by atoms with van der Waals surface area (Å²) in [6.45, 7) is 5.87. The quantitative estimate of drug-likeness (QED) is 0.564.